The van der Waals surface area contributed by atoms with Crippen molar-refractivity contribution < 1.29 is 9.18 Å². The molecule has 0 saturated carbocycles. The first-order valence-electron chi connectivity index (χ1n) is 6.47. The number of amides is 1. The van der Waals surface area contributed by atoms with Gasteiger partial charge in [-0.2, -0.15) is 0 Å². The van der Waals surface area contributed by atoms with Crippen LogP contribution in [0, 0.1) is 5.82 Å². The standard InChI is InChI=1S/C16H15ClFNOS/c17-14-5-1-3-12(7-14)9-19-16(20)11-21-10-13-4-2-6-15(18)8-13/h1-8H,9-11H2,(H,19,20). The Morgan fingerprint density at radius 2 is 1.90 bits per heavy atom. The number of halogens is 2. The van der Waals surface area contributed by atoms with Crippen LogP contribution in [0.25, 0.3) is 0 Å². The van der Waals surface area contributed by atoms with Gasteiger partial charge in [0.25, 0.3) is 0 Å². The SMILES string of the molecule is O=C(CSCc1cccc(F)c1)NCc1cccc(Cl)c1. The van der Waals surface area contributed by atoms with Crippen molar-refractivity contribution in [3.05, 3.63) is 70.5 Å². The van der Waals surface area contributed by atoms with Crippen LogP contribution in [0.3, 0.4) is 0 Å². The molecule has 0 atom stereocenters. The van der Waals surface area contributed by atoms with Crippen molar-refractivity contribution >= 4 is 29.3 Å². The molecule has 1 N–H and O–H groups in total. The summed E-state index contributed by atoms with van der Waals surface area (Å²) >= 11 is 7.33. The summed E-state index contributed by atoms with van der Waals surface area (Å²) in [6.07, 6.45) is 0. The Morgan fingerprint density at radius 1 is 1.14 bits per heavy atom. The normalized spacial score (nSPS) is 10.4. The highest BCUT2D eigenvalue weighted by Crippen LogP contribution is 2.13. The predicted octanol–water partition coefficient (Wildman–Crippen LogP) is 4.03. The van der Waals surface area contributed by atoms with Gasteiger partial charge in [0.05, 0.1) is 5.75 Å². The first-order chi connectivity index (χ1) is 10.1. The third-order valence-corrected chi connectivity index (χ3v) is 4.01. The fourth-order valence-electron chi connectivity index (χ4n) is 1.79. The maximum Gasteiger partial charge on any atom is 0.230 e. The summed E-state index contributed by atoms with van der Waals surface area (Å²) in [6, 6.07) is 13.8. The molecule has 0 aliphatic heterocycles. The van der Waals surface area contributed by atoms with E-state index in [9.17, 15) is 9.18 Å². The molecule has 110 valence electrons. The second-order valence-corrected chi connectivity index (χ2v) is 5.95. The van der Waals surface area contributed by atoms with Gasteiger partial charge in [-0.15, -0.1) is 11.8 Å². The van der Waals surface area contributed by atoms with Crippen molar-refractivity contribution in [1.82, 2.24) is 5.32 Å². The van der Waals surface area contributed by atoms with E-state index in [0.717, 1.165) is 11.1 Å². The van der Waals surface area contributed by atoms with Crippen molar-refractivity contribution in [3.8, 4) is 0 Å². The van der Waals surface area contributed by atoms with Crippen LogP contribution in [-0.4, -0.2) is 11.7 Å². The highest BCUT2D eigenvalue weighted by atomic mass is 35.5. The van der Waals surface area contributed by atoms with E-state index in [0.29, 0.717) is 23.1 Å². The lowest BCUT2D eigenvalue weighted by Gasteiger charge is -2.06. The number of rotatable bonds is 6. The molecule has 2 aromatic rings. The highest BCUT2D eigenvalue weighted by Gasteiger charge is 2.03. The monoisotopic (exact) mass is 323 g/mol. The minimum Gasteiger partial charge on any atom is -0.351 e. The van der Waals surface area contributed by atoms with E-state index in [-0.39, 0.29) is 11.7 Å². The number of carbonyl (C=O) groups is 1. The molecule has 0 heterocycles. The first kappa shape index (κ1) is 15.9. The largest absolute Gasteiger partial charge is 0.351 e. The summed E-state index contributed by atoms with van der Waals surface area (Å²) in [5.41, 5.74) is 1.84. The first-order valence-corrected chi connectivity index (χ1v) is 8.00. The molecule has 0 aliphatic carbocycles. The minimum atomic E-state index is -0.251. The Bertz CT molecular complexity index is 621. The summed E-state index contributed by atoms with van der Waals surface area (Å²) in [4.78, 5) is 11.7. The number of hydrogen-bond acceptors (Lipinski definition) is 2. The molecule has 1 amide bonds. The lowest BCUT2D eigenvalue weighted by molar-refractivity contribution is -0.118. The van der Waals surface area contributed by atoms with E-state index in [1.807, 2.05) is 24.3 Å². The van der Waals surface area contributed by atoms with E-state index < -0.39 is 0 Å². The van der Waals surface area contributed by atoms with Crippen molar-refractivity contribution in [2.45, 2.75) is 12.3 Å². The lowest BCUT2D eigenvalue weighted by Crippen LogP contribution is -2.24. The Balaban J connectivity index is 1.70. The predicted molar refractivity (Wildman–Crippen MR) is 85.9 cm³/mol. The van der Waals surface area contributed by atoms with Gasteiger partial charge in [0.1, 0.15) is 5.82 Å². The van der Waals surface area contributed by atoms with Crippen LogP contribution in [0.5, 0.6) is 0 Å². The van der Waals surface area contributed by atoms with Gasteiger partial charge in [-0.1, -0.05) is 35.9 Å². The van der Waals surface area contributed by atoms with Crippen LogP contribution in [0.1, 0.15) is 11.1 Å². The van der Waals surface area contributed by atoms with Crippen molar-refractivity contribution in [3.63, 3.8) is 0 Å². The number of carbonyl (C=O) groups excluding carboxylic acids is 1. The van der Waals surface area contributed by atoms with Gasteiger partial charge >= 0.3 is 0 Å². The van der Waals surface area contributed by atoms with Crippen LogP contribution in [0.4, 0.5) is 4.39 Å². The molecule has 2 aromatic carbocycles. The zero-order valence-electron chi connectivity index (χ0n) is 11.3. The summed E-state index contributed by atoms with van der Waals surface area (Å²) < 4.78 is 13.0. The summed E-state index contributed by atoms with van der Waals surface area (Å²) in [5.74, 6) is 0.661. The van der Waals surface area contributed by atoms with Crippen molar-refractivity contribution in [2.75, 3.05) is 5.75 Å². The second-order valence-electron chi connectivity index (χ2n) is 4.53. The van der Waals surface area contributed by atoms with Gasteiger partial charge in [0, 0.05) is 17.3 Å². The fourth-order valence-corrected chi connectivity index (χ4v) is 2.80. The smallest absolute Gasteiger partial charge is 0.230 e. The topological polar surface area (TPSA) is 29.1 Å². The van der Waals surface area contributed by atoms with Crippen LogP contribution >= 0.6 is 23.4 Å². The zero-order valence-corrected chi connectivity index (χ0v) is 12.9. The Labute approximate surface area is 132 Å². The average Bonchev–Trinajstić information content (AvgIpc) is 2.45. The molecule has 0 spiro atoms. The van der Waals surface area contributed by atoms with Gasteiger partial charge in [0.2, 0.25) is 5.91 Å². The number of nitrogens with one attached hydrogen (secondary N) is 1. The Morgan fingerprint density at radius 3 is 2.67 bits per heavy atom. The Hall–Kier alpha value is -1.52. The third kappa shape index (κ3) is 5.78. The van der Waals surface area contributed by atoms with E-state index in [4.69, 9.17) is 11.6 Å². The quantitative estimate of drug-likeness (QED) is 0.869. The molecule has 0 radical (unpaired) electrons. The van der Waals surface area contributed by atoms with E-state index >= 15 is 0 Å². The molecule has 2 rings (SSSR count). The van der Waals surface area contributed by atoms with Gasteiger partial charge in [-0.3, -0.25) is 4.79 Å². The lowest BCUT2D eigenvalue weighted by atomic mass is 10.2. The molecule has 0 saturated heterocycles. The second kappa shape index (κ2) is 8.05. The number of hydrogen-bond donors (Lipinski definition) is 1. The molecular weight excluding hydrogens is 309 g/mol. The van der Waals surface area contributed by atoms with E-state index in [1.165, 1.54) is 23.9 Å². The maximum absolute atomic E-state index is 13.0. The Kier molecular flexibility index (Phi) is 6.08. The summed E-state index contributed by atoms with van der Waals surface area (Å²) in [7, 11) is 0. The molecule has 21 heavy (non-hydrogen) atoms. The van der Waals surface area contributed by atoms with Crippen LogP contribution in [-0.2, 0) is 17.1 Å². The molecule has 0 bridgehead atoms. The van der Waals surface area contributed by atoms with E-state index in [1.54, 1.807) is 12.1 Å². The fraction of sp³-hybridized carbons (Fsp3) is 0.188. The van der Waals surface area contributed by atoms with Crippen molar-refractivity contribution in [2.24, 2.45) is 0 Å². The molecule has 0 aliphatic rings. The van der Waals surface area contributed by atoms with Crippen LogP contribution in [0.15, 0.2) is 48.5 Å². The van der Waals surface area contributed by atoms with Gasteiger partial charge in [0.15, 0.2) is 0 Å². The van der Waals surface area contributed by atoms with E-state index in [2.05, 4.69) is 5.32 Å². The molecule has 2 nitrogen and oxygen atoms in total. The molecule has 0 unspecified atom stereocenters. The molecular formula is C16H15ClFNOS. The molecule has 0 fully saturated rings. The van der Waals surface area contributed by atoms with Crippen LogP contribution < -0.4 is 5.32 Å². The summed E-state index contributed by atoms with van der Waals surface area (Å²) in [5, 5.41) is 3.49. The van der Waals surface area contributed by atoms with Gasteiger partial charge in [-0.05, 0) is 35.4 Å². The number of benzene rings is 2. The van der Waals surface area contributed by atoms with Gasteiger partial charge < -0.3 is 5.32 Å². The van der Waals surface area contributed by atoms with Crippen LogP contribution in [0.2, 0.25) is 5.02 Å². The molecule has 0 aromatic heterocycles. The average molecular weight is 324 g/mol. The van der Waals surface area contributed by atoms with Crippen molar-refractivity contribution in [1.29, 1.82) is 0 Å². The summed E-state index contributed by atoms with van der Waals surface area (Å²) in [6.45, 7) is 0.458. The molecule has 5 heteroatoms. The van der Waals surface area contributed by atoms with Gasteiger partial charge in [-0.25, -0.2) is 4.39 Å². The maximum atomic E-state index is 13.0. The minimum absolute atomic E-state index is 0.0450. The number of thioether (sulfide) groups is 1. The highest BCUT2D eigenvalue weighted by molar-refractivity contribution is 7.99. The zero-order chi connectivity index (χ0) is 15.1. The third-order valence-electron chi connectivity index (χ3n) is 2.77.